The molecule has 1 atom stereocenters. The minimum Gasteiger partial charge on any atom is -0.489 e. The van der Waals surface area contributed by atoms with Crippen molar-refractivity contribution in [1.29, 1.82) is 0 Å². The fourth-order valence-corrected chi connectivity index (χ4v) is 3.02. The van der Waals surface area contributed by atoms with Gasteiger partial charge in [-0.05, 0) is 31.0 Å². The minimum atomic E-state index is -0.372. The topological polar surface area (TPSA) is 24.5 Å². The fourth-order valence-electron chi connectivity index (χ4n) is 2.75. The van der Waals surface area contributed by atoms with Crippen LogP contribution in [0.4, 0.5) is 4.39 Å². The molecular weight excluding hydrogens is 314 g/mol. The summed E-state index contributed by atoms with van der Waals surface area (Å²) >= 11 is 6.16. The average Bonchev–Trinajstić information content (AvgIpc) is 2.45. The van der Waals surface area contributed by atoms with Crippen molar-refractivity contribution in [3.05, 3.63) is 28.5 Å². The monoisotopic (exact) mass is 336 g/mol. The zero-order chi connectivity index (χ0) is 14.5. The molecule has 0 aliphatic carbocycles. The largest absolute Gasteiger partial charge is 0.489 e. The molecule has 6 heteroatoms. The van der Waals surface area contributed by atoms with Gasteiger partial charge < -0.3 is 10.1 Å². The fraction of sp³-hybridized carbons (Fsp3) is 0.600. The van der Waals surface area contributed by atoms with Crippen LogP contribution >= 0.6 is 24.0 Å². The quantitative estimate of drug-likeness (QED) is 0.888. The highest BCUT2D eigenvalue weighted by Gasteiger charge is 2.23. The van der Waals surface area contributed by atoms with Crippen LogP contribution in [0.2, 0.25) is 5.02 Å². The SMILES string of the molecule is CCOc1c(F)cc([C@H](CC)N2CCNCC2)cc1Cl.Cl. The van der Waals surface area contributed by atoms with Gasteiger partial charge in [-0.25, -0.2) is 4.39 Å². The van der Waals surface area contributed by atoms with Crippen molar-refractivity contribution >= 4 is 24.0 Å². The maximum absolute atomic E-state index is 14.1. The molecule has 0 radical (unpaired) electrons. The normalized spacial score (nSPS) is 17.1. The lowest BCUT2D eigenvalue weighted by atomic mass is 10.0. The first-order chi connectivity index (χ1) is 9.67. The summed E-state index contributed by atoms with van der Waals surface area (Å²) in [5.41, 5.74) is 0.931. The highest BCUT2D eigenvalue weighted by molar-refractivity contribution is 6.32. The zero-order valence-corrected chi connectivity index (χ0v) is 14.1. The summed E-state index contributed by atoms with van der Waals surface area (Å²) in [7, 11) is 0. The summed E-state index contributed by atoms with van der Waals surface area (Å²) in [6, 6.07) is 3.61. The standard InChI is InChI=1S/C15H22ClFN2O.ClH/c1-3-14(19-7-5-18-6-8-19)11-9-12(16)15(20-4-2)13(17)10-11;/h9-10,14,18H,3-8H2,1-2H3;1H/t14-;/m0./s1. The lowest BCUT2D eigenvalue weighted by molar-refractivity contribution is 0.169. The summed E-state index contributed by atoms with van der Waals surface area (Å²) in [5, 5.41) is 3.69. The van der Waals surface area contributed by atoms with Crippen molar-refractivity contribution in [1.82, 2.24) is 10.2 Å². The Balaban J connectivity index is 0.00000220. The van der Waals surface area contributed by atoms with Crippen LogP contribution < -0.4 is 10.1 Å². The van der Waals surface area contributed by atoms with Gasteiger partial charge >= 0.3 is 0 Å². The Hall–Kier alpha value is -0.550. The van der Waals surface area contributed by atoms with Gasteiger partial charge in [-0.15, -0.1) is 12.4 Å². The van der Waals surface area contributed by atoms with Crippen molar-refractivity contribution in [3.63, 3.8) is 0 Å². The Morgan fingerprint density at radius 2 is 2.00 bits per heavy atom. The van der Waals surface area contributed by atoms with Gasteiger partial charge in [0, 0.05) is 32.2 Å². The first-order valence-electron chi connectivity index (χ1n) is 7.23. The second kappa shape index (κ2) is 8.79. The molecule has 0 saturated carbocycles. The van der Waals surface area contributed by atoms with E-state index < -0.39 is 0 Å². The van der Waals surface area contributed by atoms with Gasteiger partial charge in [0.15, 0.2) is 11.6 Å². The third kappa shape index (κ3) is 4.46. The summed E-state index contributed by atoms with van der Waals surface area (Å²) in [4.78, 5) is 2.38. The Morgan fingerprint density at radius 1 is 1.33 bits per heavy atom. The number of nitrogens with zero attached hydrogens (tertiary/aromatic N) is 1. The molecule has 120 valence electrons. The molecule has 0 spiro atoms. The molecule has 0 aromatic heterocycles. The smallest absolute Gasteiger partial charge is 0.173 e. The van der Waals surface area contributed by atoms with E-state index in [2.05, 4.69) is 17.1 Å². The molecule has 1 saturated heterocycles. The van der Waals surface area contributed by atoms with Crippen LogP contribution in [0.5, 0.6) is 5.75 Å². The van der Waals surface area contributed by atoms with Crippen molar-refractivity contribution < 1.29 is 9.13 Å². The molecule has 1 aromatic rings. The maximum Gasteiger partial charge on any atom is 0.173 e. The van der Waals surface area contributed by atoms with Crippen molar-refractivity contribution in [2.24, 2.45) is 0 Å². The van der Waals surface area contributed by atoms with E-state index in [4.69, 9.17) is 16.3 Å². The predicted octanol–water partition coefficient (Wildman–Crippen LogP) is 3.66. The molecular formula is C15H23Cl2FN2O. The Kier molecular flexibility index (Phi) is 7.74. The second-order valence-corrected chi connectivity index (χ2v) is 5.36. The average molecular weight is 337 g/mol. The molecule has 1 aromatic carbocycles. The van der Waals surface area contributed by atoms with Gasteiger partial charge in [-0.3, -0.25) is 4.90 Å². The van der Waals surface area contributed by atoms with E-state index in [9.17, 15) is 4.39 Å². The highest BCUT2D eigenvalue weighted by Crippen LogP contribution is 2.34. The van der Waals surface area contributed by atoms with Gasteiger partial charge in [0.25, 0.3) is 0 Å². The first-order valence-corrected chi connectivity index (χ1v) is 7.61. The van der Waals surface area contributed by atoms with Crippen molar-refractivity contribution in [2.75, 3.05) is 32.8 Å². The van der Waals surface area contributed by atoms with E-state index in [1.807, 2.05) is 13.0 Å². The number of piperazine rings is 1. The van der Waals surface area contributed by atoms with E-state index >= 15 is 0 Å². The zero-order valence-electron chi connectivity index (χ0n) is 12.5. The molecule has 1 aliphatic heterocycles. The van der Waals surface area contributed by atoms with Gasteiger partial charge in [-0.2, -0.15) is 0 Å². The molecule has 3 nitrogen and oxygen atoms in total. The van der Waals surface area contributed by atoms with Crippen LogP contribution in [0, 0.1) is 5.82 Å². The predicted molar refractivity (Wildman–Crippen MR) is 87.3 cm³/mol. The van der Waals surface area contributed by atoms with E-state index in [1.54, 1.807) is 6.07 Å². The van der Waals surface area contributed by atoms with Crippen LogP contribution in [0.15, 0.2) is 12.1 Å². The minimum absolute atomic E-state index is 0. The molecule has 0 amide bonds. The second-order valence-electron chi connectivity index (χ2n) is 4.96. The number of nitrogens with one attached hydrogen (secondary N) is 1. The van der Waals surface area contributed by atoms with E-state index in [0.717, 1.165) is 38.2 Å². The Labute approximate surface area is 137 Å². The lowest BCUT2D eigenvalue weighted by Gasteiger charge is -2.35. The summed E-state index contributed by atoms with van der Waals surface area (Å²) in [5.74, 6) is -0.212. The number of hydrogen-bond acceptors (Lipinski definition) is 3. The third-order valence-electron chi connectivity index (χ3n) is 3.67. The van der Waals surface area contributed by atoms with Gasteiger partial charge in [-0.1, -0.05) is 18.5 Å². The number of halogens is 3. The number of rotatable bonds is 5. The Morgan fingerprint density at radius 3 is 2.52 bits per heavy atom. The summed E-state index contributed by atoms with van der Waals surface area (Å²) in [6.45, 7) is 8.25. The van der Waals surface area contributed by atoms with Crippen molar-refractivity contribution in [3.8, 4) is 5.75 Å². The van der Waals surface area contributed by atoms with Crippen LogP contribution in [0.1, 0.15) is 31.9 Å². The van der Waals surface area contributed by atoms with E-state index in [0.29, 0.717) is 11.6 Å². The molecule has 2 rings (SSSR count). The lowest BCUT2D eigenvalue weighted by Crippen LogP contribution is -2.45. The maximum atomic E-state index is 14.1. The van der Waals surface area contributed by atoms with Crippen LogP contribution in [-0.4, -0.2) is 37.7 Å². The number of benzene rings is 1. The van der Waals surface area contributed by atoms with Crippen LogP contribution in [-0.2, 0) is 0 Å². The van der Waals surface area contributed by atoms with Gasteiger partial charge in [0.2, 0.25) is 0 Å². The number of hydrogen-bond donors (Lipinski definition) is 1. The van der Waals surface area contributed by atoms with Gasteiger partial charge in [0.05, 0.1) is 11.6 Å². The van der Waals surface area contributed by atoms with E-state index in [1.165, 1.54) is 0 Å². The Bertz CT molecular complexity index is 430. The molecule has 0 bridgehead atoms. The molecule has 1 aliphatic rings. The molecule has 21 heavy (non-hydrogen) atoms. The van der Waals surface area contributed by atoms with Crippen molar-refractivity contribution in [2.45, 2.75) is 26.3 Å². The summed E-state index contributed by atoms with van der Waals surface area (Å²) in [6.07, 6.45) is 0.934. The molecule has 1 N–H and O–H groups in total. The molecule has 1 fully saturated rings. The van der Waals surface area contributed by atoms with Crippen LogP contribution in [0.3, 0.4) is 0 Å². The van der Waals surface area contributed by atoms with E-state index in [-0.39, 0.29) is 30.0 Å². The summed E-state index contributed by atoms with van der Waals surface area (Å²) < 4.78 is 19.4. The number of ether oxygens (including phenoxy) is 1. The first kappa shape index (κ1) is 18.5. The molecule has 1 heterocycles. The van der Waals surface area contributed by atoms with Crippen LogP contribution in [0.25, 0.3) is 0 Å². The third-order valence-corrected chi connectivity index (χ3v) is 3.95. The molecule has 0 unspecified atom stereocenters. The highest BCUT2D eigenvalue weighted by atomic mass is 35.5. The van der Waals surface area contributed by atoms with Gasteiger partial charge in [0.1, 0.15) is 0 Å².